The fraction of sp³-hybridized carbons (Fsp3) is 0.778. The van der Waals surface area contributed by atoms with Gasteiger partial charge in [-0.15, -0.1) is 0 Å². The van der Waals surface area contributed by atoms with Gasteiger partial charge in [0.05, 0.1) is 0 Å². The minimum absolute atomic E-state index is 0.299. The van der Waals surface area contributed by atoms with E-state index in [0.29, 0.717) is 12.0 Å². The van der Waals surface area contributed by atoms with Crippen LogP contribution in [0.25, 0.3) is 0 Å². The lowest BCUT2D eigenvalue weighted by Crippen LogP contribution is -2.17. The van der Waals surface area contributed by atoms with Crippen LogP contribution >= 0.6 is 0 Å². The molecule has 1 heteroatoms. The third-order valence-corrected chi connectivity index (χ3v) is 2.32. The fourth-order valence-corrected chi connectivity index (χ4v) is 1.54. The molecule has 0 fully saturated rings. The molecule has 58 valence electrons. The SMILES string of the molecule is CC1(CCO)C=CCCC1. The Morgan fingerprint density at radius 3 is 2.90 bits per heavy atom. The van der Waals surface area contributed by atoms with E-state index in [2.05, 4.69) is 19.1 Å². The quantitative estimate of drug-likeness (QED) is 0.582. The molecule has 1 unspecified atom stereocenters. The van der Waals surface area contributed by atoms with E-state index in [1.54, 1.807) is 0 Å². The lowest BCUT2D eigenvalue weighted by Gasteiger charge is -2.27. The van der Waals surface area contributed by atoms with Crippen molar-refractivity contribution < 1.29 is 5.11 Å². The van der Waals surface area contributed by atoms with Crippen LogP contribution in [0.3, 0.4) is 0 Å². The number of hydrogen-bond donors (Lipinski definition) is 1. The molecule has 0 radical (unpaired) electrons. The normalized spacial score (nSPS) is 32.6. The summed E-state index contributed by atoms with van der Waals surface area (Å²) in [5.74, 6) is 0. The molecular formula is C9H16O. The molecule has 0 spiro atoms. The Balaban J connectivity index is 2.48. The molecule has 1 atom stereocenters. The maximum Gasteiger partial charge on any atom is 0.0439 e. The van der Waals surface area contributed by atoms with Crippen LogP contribution in [0, 0.1) is 5.41 Å². The molecular weight excluding hydrogens is 124 g/mol. The summed E-state index contributed by atoms with van der Waals surface area (Å²) in [4.78, 5) is 0. The van der Waals surface area contributed by atoms with Crippen molar-refractivity contribution in [3.8, 4) is 0 Å². The van der Waals surface area contributed by atoms with Crippen LogP contribution in [0.1, 0.15) is 32.6 Å². The monoisotopic (exact) mass is 140 g/mol. The van der Waals surface area contributed by atoms with Crippen molar-refractivity contribution in [1.29, 1.82) is 0 Å². The number of hydrogen-bond acceptors (Lipinski definition) is 1. The van der Waals surface area contributed by atoms with E-state index in [0.717, 1.165) is 6.42 Å². The summed E-state index contributed by atoms with van der Waals surface area (Å²) in [5, 5.41) is 8.75. The summed E-state index contributed by atoms with van der Waals surface area (Å²) in [7, 11) is 0. The van der Waals surface area contributed by atoms with Crippen LogP contribution in [0.5, 0.6) is 0 Å². The molecule has 0 aromatic carbocycles. The molecule has 0 amide bonds. The third-order valence-electron chi connectivity index (χ3n) is 2.32. The van der Waals surface area contributed by atoms with Crippen molar-refractivity contribution in [3.63, 3.8) is 0 Å². The largest absolute Gasteiger partial charge is 0.396 e. The summed E-state index contributed by atoms with van der Waals surface area (Å²) in [6.45, 7) is 2.54. The first kappa shape index (κ1) is 7.80. The van der Waals surface area contributed by atoms with E-state index in [9.17, 15) is 0 Å². The maximum atomic E-state index is 8.75. The van der Waals surface area contributed by atoms with E-state index >= 15 is 0 Å². The second-order valence-electron chi connectivity index (χ2n) is 3.42. The highest BCUT2D eigenvalue weighted by molar-refractivity contribution is 5.00. The maximum absolute atomic E-state index is 8.75. The van der Waals surface area contributed by atoms with Crippen LogP contribution < -0.4 is 0 Å². The minimum Gasteiger partial charge on any atom is -0.396 e. The zero-order chi connectivity index (χ0) is 7.45. The predicted molar refractivity (Wildman–Crippen MR) is 42.8 cm³/mol. The highest BCUT2D eigenvalue weighted by Crippen LogP contribution is 2.33. The van der Waals surface area contributed by atoms with Crippen LogP contribution in [0.4, 0.5) is 0 Å². The Hall–Kier alpha value is -0.300. The fourth-order valence-electron chi connectivity index (χ4n) is 1.54. The van der Waals surface area contributed by atoms with Crippen LogP contribution in [0.2, 0.25) is 0 Å². The Bertz CT molecular complexity index is 129. The van der Waals surface area contributed by atoms with Gasteiger partial charge in [-0.1, -0.05) is 19.1 Å². The van der Waals surface area contributed by atoms with Gasteiger partial charge in [0.2, 0.25) is 0 Å². The first-order valence-corrected chi connectivity index (χ1v) is 4.05. The molecule has 0 heterocycles. The summed E-state index contributed by atoms with van der Waals surface area (Å²) in [6.07, 6.45) is 9.16. The van der Waals surface area contributed by atoms with Gasteiger partial charge in [-0.25, -0.2) is 0 Å². The molecule has 1 aliphatic carbocycles. The highest BCUT2D eigenvalue weighted by Gasteiger charge is 2.21. The summed E-state index contributed by atoms with van der Waals surface area (Å²) < 4.78 is 0. The van der Waals surface area contributed by atoms with Crippen LogP contribution in [-0.2, 0) is 0 Å². The molecule has 0 saturated heterocycles. The third kappa shape index (κ3) is 1.84. The van der Waals surface area contributed by atoms with E-state index in [-0.39, 0.29) is 0 Å². The Morgan fingerprint density at radius 1 is 1.60 bits per heavy atom. The van der Waals surface area contributed by atoms with Gasteiger partial charge in [-0.2, -0.15) is 0 Å². The molecule has 0 aromatic heterocycles. The van der Waals surface area contributed by atoms with Gasteiger partial charge in [0, 0.05) is 6.61 Å². The van der Waals surface area contributed by atoms with Crippen molar-refractivity contribution in [3.05, 3.63) is 12.2 Å². The Labute approximate surface area is 62.8 Å². The molecule has 10 heavy (non-hydrogen) atoms. The summed E-state index contributed by atoms with van der Waals surface area (Å²) in [5.41, 5.74) is 0.299. The van der Waals surface area contributed by atoms with Crippen molar-refractivity contribution in [2.45, 2.75) is 32.6 Å². The molecule has 1 aliphatic rings. The predicted octanol–water partition coefficient (Wildman–Crippen LogP) is 2.12. The Morgan fingerprint density at radius 2 is 2.40 bits per heavy atom. The molecule has 1 rings (SSSR count). The van der Waals surface area contributed by atoms with Gasteiger partial charge in [-0.3, -0.25) is 0 Å². The molecule has 0 aliphatic heterocycles. The molecule has 1 N–H and O–H groups in total. The minimum atomic E-state index is 0.299. The molecule has 0 bridgehead atoms. The van der Waals surface area contributed by atoms with Gasteiger partial charge < -0.3 is 5.11 Å². The second-order valence-corrected chi connectivity index (χ2v) is 3.42. The highest BCUT2D eigenvalue weighted by atomic mass is 16.3. The number of rotatable bonds is 2. The molecule has 0 saturated carbocycles. The summed E-state index contributed by atoms with van der Waals surface area (Å²) >= 11 is 0. The van der Waals surface area contributed by atoms with E-state index < -0.39 is 0 Å². The van der Waals surface area contributed by atoms with Crippen molar-refractivity contribution in [2.75, 3.05) is 6.61 Å². The van der Waals surface area contributed by atoms with Gasteiger partial charge in [0.25, 0.3) is 0 Å². The first-order valence-electron chi connectivity index (χ1n) is 4.05. The van der Waals surface area contributed by atoms with Crippen molar-refractivity contribution in [1.82, 2.24) is 0 Å². The molecule has 1 nitrogen and oxygen atoms in total. The van der Waals surface area contributed by atoms with E-state index in [1.165, 1.54) is 19.3 Å². The molecule has 0 aromatic rings. The average Bonchev–Trinajstić information content (AvgIpc) is 1.89. The first-order chi connectivity index (χ1) is 4.77. The van der Waals surface area contributed by atoms with E-state index in [4.69, 9.17) is 5.11 Å². The number of aliphatic hydroxyl groups is 1. The topological polar surface area (TPSA) is 20.2 Å². The van der Waals surface area contributed by atoms with E-state index in [1.807, 2.05) is 0 Å². The smallest absolute Gasteiger partial charge is 0.0439 e. The zero-order valence-electron chi connectivity index (χ0n) is 6.64. The van der Waals surface area contributed by atoms with Gasteiger partial charge in [0.15, 0.2) is 0 Å². The van der Waals surface area contributed by atoms with Crippen LogP contribution in [-0.4, -0.2) is 11.7 Å². The Kier molecular flexibility index (Phi) is 2.50. The van der Waals surface area contributed by atoms with Crippen molar-refractivity contribution in [2.24, 2.45) is 5.41 Å². The van der Waals surface area contributed by atoms with Crippen LogP contribution in [0.15, 0.2) is 12.2 Å². The zero-order valence-corrected chi connectivity index (χ0v) is 6.64. The number of aliphatic hydroxyl groups excluding tert-OH is 1. The number of allylic oxidation sites excluding steroid dienone is 2. The van der Waals surface area contributed by atoms with Gasteiger partial charge >= 0.3 is 0 Å². The van der Waals surface area contributed by atoms with Gasteiger partial charge in [-0.05, 0) is 31.1 Å². The lowest BCUT2D eigenvalue weighted by molar-refractivity contribution is 0.217. The lowest BCUT2D eigenvalue weighted by atomic mass is 9.78. The second kappa shape index (κ2) is 3.20. The van der Waals surface area contributed by atoms with Gasteiger partial charge in [0.1, 0.15) is 0 Å². The summed E-state index contributed by atoms with van der Waals surface area (Å²) in [6, 6.07) is 0. The average molecular weight is 140 g/mol. The standard InChI is InChI=1S/C9H16O/c1-9(7-8-10)5-3-2-4-6-9/h3,5,10H,2,4,6-8H2,1H3. The van der Waals surface area contributed by atoms with Crippen molar-refractivity contribution >= 4 is 0 Å².